The molecule has 0 aromatic heterocycles. The van der Waals surface area contributed by atoms with Crippen molar-refractivity contribution in [1.29, 1.82) is 5.26 Å². The zero-order valence-corrected chi connectivity index (χ0v) is 6.77. The maximum Gasteiger partial charge on any atom is 0.165 e. The molecule has 13 heavy (non-hydrogen) atoms. The number of halogens is 2. The van der Waals surface area contributed by atoms with Crippen LogP contribution in [0.25, 0.3) is 0 Å². The number of nitrogens with zero attached hydrogens (tertiary/aromatic N) is 1. The molecule has 4 heteroatoms. The summed E-state index contributed by atoms with van der Waals surface area (Å²) in [5, 5.41) is 8.35. The van der Waals surface area contributed by atoms with Crippen molar-refractivity contribution in [3.63, 3.8) is 0 Å². The molecule has 1 aromatic carbocycles. The van der Waals surface area contributed by atoms with E-state index in [9.17, 15) is 13.6 Å². The van der Waals surface area contributed by atoms with Gasteiger partial charge in [0.05, 0.1) is 17.2 Å². The third-order valence-electron chi connectivity index (χ3n) is 1.52. The van der Waals surface area contributed by atoms with Crippen LogP contribution in [0.3, 0.4) is 0 Å². The fourth-order valence-corrected chi connectivity index (χ4v) is 0.974. The van der Waals surface area contributed by atoms with Gasteiger partial charge in [0, 0.05) is 0 Å². The SMILES string of the molecule is CC(=O)c1c(F)cc(C#N)cc1F. The van der Waals surface area contributed by atoms with Crippen LogP contribution in [0.1, 0.15) is 22.8 Å². The van der Waals surface area contributed by atoms with E-state index >= 15 is 0 Å². The van der Waals surface area contributed by atoms with Crippen molar-refractivity contribution >= 4 is 5.78 Å². The molecule has 0 fully saturated rings. The van der Waals surface area contributed by atoms with Crippen LogP contribution in [0.2, 0.25) is 0 Å². The van der Waals surface area contributed by atoms with Crippen LogP contribution in [0.4, 0.5) is 8.78 Å². The molecule has 0 atom stereocenters. The van der Waals surface area contributed by atoms with Crippen molar-refractivity contribution in [2.24, 2.45) is 0 Å². The van der Waals surface area contributed by atoms with E-state index in [2.05, 4.69) is 0 Å². The molecule has 0 aliphatic carbocycles. The van der Waals surface area contributed by atoms with Gasteiger partial charge in [0.2, 0.25) is 0 Å². The molecule has 66 valence electrons. The average Bonchev–Trinajstić information content (AvgIpc) is 2.02. The predicted octanol–water partition coefficient (Wildman–Crippen LogP) is 2.04. The third kappa shape index (κ3) is 1.70. The number of carbonyl (C=O) groups excluding carboxylic acids is 1. The van der Waals surface area contributed by atoms with Gasteiger partial charge in [0.25, 0.3) is 0 Å². The normalized spacial score (nSPS) is 9.38. The van der Waals surface area contributed by atoms with Crippen LogP contribution in [0.5, 0.6) is 0 Å². The first-order chi connectivity index (χ1) is 6.06. The number of hydrogen-bond acceptors (Lipinski definition) is 2. The van der Waals surface area contributed by atoms with Crippen LogP contribution in [-0.2, 0) is 0 Å². The highest BCUT2D eigenvalue weighted by Crippen LogP contribution is 2.15. The molecule has 0 N–H and O–H groups in total. The highest BCUT2D eigenvalue weighted by Gasteiger charge is 2.14. The molecule has 0 saturated carbocycles. The van der Waals surface area contributed by atoms with Crippen molar-refractivity contribution < 1.29 is 13.6 Å². The van der Waals surface area contributed by atoms with E-state index in [0.29, 0.717) is 0 Å². The minimum atomic E-state index is -0.996. The standard InChI is InChI=1S/C9H5F2NO/c1-5(13)9-7(10)2-6(4-12)3-8(9)11/h2-3H,1H3. The van der Waals surface area contributed by atoms with E-state index in [4.69, 9.17) is 5.26 Å². The molecule has 0 aliphatic heterocycles. The fourth-order valence-electron chi connectivity index (χ4n) is 0.974. The van der Waals surface area contributed by atoms with Gasteiger partial charge in [-0.1, -0.05) is 0 Å². The van der Waals surface area contributed by atoms with Gasteiger partial charge in [-0.2, -0.15) is 5.26 Å². The molecule has 1 aromatic rings. The fraction of sp³-hybridized carbons (Fsp3) is 0.111. The molecule has 0 aliphatic rings. The lowest BCUT2D eigenvalue weighted by Crippen LogP contribution is -2.02. The van der Waals surface area contributed by atoms with E-state index in [1.807, 2.05) is 0 Å². The largest absolute Gasteiger partial charge is 0.294 e. The molecule has 0 bridgehead atoms. The van der Waals surface area contributed by atoms with E-state index in [1.165, 1.54) is 0 Å². The van der Waals surface area contributed by atoms with Gasteiger partial charge >= 0.3 is 0 Å². The summed E-state index contributed by atoms with van der Waals surface area (Å²) in [6, 6.07) is 3.25. The molecule has 0 unspecified atom stereocenters. The van der Waals surface area contributed by atoms with E-state index in [1.54, 1.807) is 6.07 Å². The van der Waals surface area contributed by atoms with Crippen LogP contribution in [0, 0.1) is 23.0 Å². The van der Waals surface area contributed by atoms with Gasteiger partial charge in [0.1, 0.15) is 11.6 Å². The summed E-state index contributed by atoms with van der Waals surface area (Å²) in [4.78, 5) is 10.7. The molecule has 0 spiro atoms. The molecule has 0 heterocycles. The summed E-state index contributed by atoms with van der Waals surface area (Å²) in [5.41, 5.74) is -0.737. The van der Waals surface area contributed by atoms with Gasteiger partial charge < -0.3 is 0 Å². The Bertz CT molecular complexity index is 384. The van der Waals surface area contributed by atoms with Crippen LogP contribution >= 0.6 is 0 Å². The lowest BCUT2D eigenvalue weighted by molar-refractivity contribution is 0.101. The highest BCUT2D eigenvalue weighted by molar-refractivity contribution is 5.94. The first-order valence-electron chi connectivity index (χ1n) is 3.46. The Hall–Kier alpha value is -1.76. The minimum Gasteiger partial charge on any atom is -0.294 e. The third-order valence-corrected chi connectivity index (χ3v) is 1.52. The Morgan fingerprint density at radius 2 is 1.85 bits per heavy atom. The summed E-state index contributed by atoms with van der Waals surface area (Å²) in [6.45, 7) is 1.06. The second kappa shape index (κ2) is 3.31. The van der Waals surface area contributed by atoms with Gasteiger partial charge in [-0.05, 0) is 19.1 Å². The summed E-state index contributed by atoms with van der Waals surface area (Å²) < 4.78 is 25.9. The molecule has 0 amide bonds. The second-order valence-corrected chi connectivity index (χ2v) is 2.48. The molecule has 0 radical (unpaired) electrons. The lowest BCUT2D eigenvalue weighted by atomic mass is 10.1. The van der Waals surface area contributed by atoms with Crippen molar-refractivity contribution in [3.8, 4) is 6.07 Å². The van der Waals surface area contributed by atoms with Crippen LogP contribution in [0.15, 0.2) is 12.1 Å². The van der Waals surface area contributed by atoms with Crippen LogP contribution in [-0.4, -0.2) is 5.78 Å². The lowest BCUT2D eigenvalue weighted by Gasteiger charge is -2.00. The predicted molar refractivity (Wildman–Crippen MR) is 41.1 cm³/mol. The summed E-state index contributed by atoms with van der Waals surface area (Å²) in [7, 11) is 0. The van der Waals surface area contributed by atoms with Crippen molar-refractivity contribution in [2.45, 2.75) is 6.92 Å². The van der Waals surface area contributed by atoms with Crippen molar-refractivity contribution in [2.75, 3.05) is 0 Å². The molecule has 2 nitrogen and oxygen atoms in total. The van der Waals surface area contributed by atoms with Gasteiger partial charge in [-0.15, -0.1) is 0 Å². The Morgan fingerprint density at radius 1 is 1.38 bits per heavy atom. The number of hydrogen-bond donors (Lipinski definition) is 0. The Morgan fingerprint density at radius 3 is 2.15 bits per heavy atom. The maximum atomic E-state index is 12.9. The van der Waals surface area contributed by atoms with E-state index in [-0.39, 0.29) is 5.56 Å². The molecular weight excluding hydrogens is 176 g/mol. The first kappa shape index (κ1) is 9.33. The number of nitriles is 1. The topological polar surface area (TPSA) is 40.9 Å². The van der Waals surface area contributed by atoms with Gasteiger partial charge in [-0.3, -0.25) is 4.79 Å². The zero-order valence-electron chi connectivity index (χ0n) is 6.77. The van der Waals surface area contributed by atoms with Gasteiger partial charge in [-0.25, -0.2) is 8.78 Å². The smallest absolute Gasteiger partial charge is 0.165 e. The number of Topliss-reactive ketones (excluding diaryl/α,β-unsaturated/α-hetero) is 1. The molecular formula is C9H5F2NO. The highest BCUT2D eigenvalue weighted by atomic mass is 19.1. The molecule has 1 rings (SSSR count). The summed E-state index contributed by atoms with van der Waals surface area (Å²) >= 11 is 0. The summed E-state index contributed by atoms with van der Waals surface area (Å²) in [5.74, 6) is -2.69. The molecule has 0 saturated heterocycles. The number of ketones is 1. The van der Waals surface area contributed by atoms with Gasteiger partial charge in [0.15, 0.2) is 5.78 Å². The average molecular weight is 181 g/mol. The quantitative estimate of drug-likeness (QED) is 0.622. The minimum absolute atomic E-state index is 0.139. The Balaban J connectivity index is 3.42. The second-order valence-electron chi connectivity index (χ2n) is 2.48. The van der Waals surface area contributed by atoms with E-state index < -0.39 is 23.0 Å². The summed E-state index contributed by atoms with van der Waals surface area (Å²) in [6.07, 6.45) is 0. The van der Waals surface area contributed by atoms with Crippen molar-refractivity contribution in [3.05, 3.63) is 34.9 Å². The van der Waals surface area contributed by atoms with Crippen LogP contribution < -0.4 is 0 Å². The van der Waals surface area contributed by atoms with Crippen molar-refractivity contribution in [1.82, 2.24) is 0 Å². The Kier molecular flexibility index (Phi) is 2.38. The number of rotatable bonds is 1. The number of carbonyl (C=O) groups is 1. The number of benzene rings is 1. The zero-order chi connectivity index (χ0) is 10.0. The maximum absolute atomic E-state index is 12.9. The Labute approximate surface area is 73.4 Å². The monoisotopic (exact) mass is 181 g/mol. The first-order valence-corrected chi connectivity index (χ1v) is 3.46. The van der Waals surface area contributed by atoms with E-state index in [0.717, 1.165) is 19.1 Å².